The Kier molecular flexibility index (Phi) is 2.89. The number of aromatic hydroxyl groups is 1. The zero-order valence-electron chi connectivity index (χ0n) is 8.07. The van der Waals surface area contributed by atoms with Gasteiger partial charge in [-0.1, -0.05) is 0 Å². The molecule has 1 unspecified atom stereocenters. The molecule has 1 heterocycles. The summed E-state index contributed by atoms with van der Waals surface area (Å²) in [6.07, 6.45) is 2.27. The van der Waals surface area contributed by atoms with Crippen molar-refractivity contribution in [1.82, 2.24) is 0 Å². The summed E-state index contributed by atoms with van der Waals surface area (Å²) in [5.41, 5.74) is 1.04. The topological polar surface area (TPSA) is 41.5 Å². The van der Waals surface area contributed by atoms with E-state index in [0.717, 1.165) is 31.7 Å². The number of phenols is 1. The Morgan fingerprint density at radius 2 is 2.07 bits per heavy atom. The molecule has 0 saturated carbocycles. The van der Waals surface area contributed by atoms with Gasteiger partial charge in [0.25, 0.3) is 0 Å². The van der Waals surface area contributed by atoms with Crippen LogP contribution >= 0.6 is 0 Å². The van der Waals surface area contributed by atoms with Crippen LogP contribution in [0.2, 0.25) is 0 Å². The maximum Gasteiger partial charge on any atom is 0.115 e. The van der Waals surface area contributed by atoms with Crippen molar-refractivity contribution in [3.8, 4) is 5.75 Å². The molecule has 1 saturated heterocycles. The first-order valence-corrected chi connectivity index (χ1v) is 4.98. The predicted octanol–water partition coefficient (Wildman–Crippen LogP) is 1.98. The van der Waals surface area contributed by atoms with Gasteiger partial charge in [-0.25, -0.2) is 0 Å². The van der Waals surface area contributed by atoms with E-state index in [9.17, 15) is 0 Å². The van der Waals surface area contributed by atoms with Crippen LogP contribution < -0.4 is 5.32 Å². The Morgan fingerprint density at radius 1 is 1.29 bits per heavy atom. The normalized spacial score (nSPS) is 21.9. The van der Waals surface area contributed by atoms with E-state index in [-0.39, 0.29) is 0 Å². The molecule has 1 fully saturated rings. The molecule has 0 bridgehead atoms. The fourth-order valence-corrected chi connectivity index (χ4v) is 1.65. The van der Waals surface area contributed by atoms with Gasteiger partial charge in [-0.3, -0.25) is 0 Å². The summed E-state index contributed by atoms with van der Waals surface area (Å²) >= 11 is 0. The van der Waals surface area contributed by atoms with Crippen LogP contribution in [0, 0.1) is 0 Å². The lowest BCUT2D eigenvalue weighted by Gasteiger charge is -2.24. The van der Waals surface area contributed by atoms with Crippen LogP contribution in [0.1, 0.15) is 12.8 Å². The van der Waals surface area contributed by atoms with E-state index in [2.05, 4.69) is 5.32 Å². The Balaban J connectivity index is 1.92. The SMILES string of the molecule is Oc1ccc(NC2CCCOC2)cc1. The average molecular weight is 193 g/mol. The van der Waals surface area contributed by atoms with Crippen molar-refractivity contribution < 1.29 is 9.84 Å². The van der Waals surface area contributed by atoms with Crippen LogP contribution in [-0.4, -0.2) is 24.4 Å². The van der Waals surface area contributed by atoms with Crippen molar-refractivity contribution in [2.75, 3.05) is 18.5 Å². The molecule has 2 N–H and O–H groups in total. The highest BCUT2D eigenvalue weighted by molar-refractivity contribution is 5.46. The van der Waals surface area contributed by atoms with E-state index in [4.69, 9.17) is 9.84 Å². The maximum atomic E-state index is 9.11. The summed E-state index contributed by atoms with van der Waals surface area (Å²) in [7, 11) is 0. The average Bonchev–Trinajstić information content (AvgIpc) is 2.23. The standard InChI is InChI=1S/C11H15NO2/c13-11-5-3-9(4-6-11)12-10-2-1-7-14-8-10/h3-6,10,12-13H,1-2,7-8H2. The molecule has 1 aliphatic rings. The molecular formula is C11H15NO2. The summed E-state index contributed by atoms with van der Waals surface area (Å²) in [4.78, 5) is 0. The van der Waals surface area contributed by atoms with Crippen molar-refractivity contribution >= 4 is 5.69 Å². The molecule has 1 atom stereocenters. The summed E-state index contributed by atoms with van der Waals surface area (Å²) in [5.74, 6) is 0.301. The second-order valence-electron chi connectivity index (χ2n) is 3.61. The third-order valence-electron chi connectivity index (χ3n) is 2.40. The molecule has 76 valence electrons. The first-order valence-electron chi connectivity index (χ1n) is 4.98. The Labute approximate surface area is 83.7 Å². The molecule has 1 aromatic carbocycles. The molecule has 3 nitrogen and oxygen atoms in total. The highest BCUT2D eigenvalue weighted by Crippen LogP contribution is 2.17. The fourth-order valence-electron chi connectivity index (χ4n) is 1.65. The van der Waals surface area contributed by atoms with Gasteiger partial charge in [-0.2, -0.15) is 0 Å². The summed E-state index contributed by atoms with van der Waals surface area (Å²) in [6.45, 7) is 1.66. The molecule has 1 aromatic rings. The van der Waals surface area contributed by atoms with E-state index < -0.39 is 0 Å². The van der Waals surface area contributed by atoms with Gasteiger partial charge >= 0.3 is 0 Å². The summed E-state index contributed by atoms with van der Waals surface area (Å²) in [5, 5.41) is 12.5. The van der Waals surface area contributed by atoms with Gasteiger partial charge in [-0.15, -0.1) is 0 Å². The monoisotopic (exact) mass is 193 g/mol. The molecule has 0 amide bonds. The van der Waals surface area contributed by atoms with Gasteiger partial charge in [0.1, 0.15) is 5.75 Å². The van der Waals surface area contributed by atoms with Gasteiger partial charge in [0, 0.05) is 18.3 Å². The highest BCUT2D eigenvalue weighted by Gasteiger charge is 2.12. The Morgan fingerprint density at radius 3 is 2.71 bits per heavy atom. The first kappa shape index (κ1) is 9.34. The zero-order chi connectivity index (χ0) is 9.80. The van der Waals surface area contributed by atoms with Gasteiger partial charge in [-0.05, 0) is 37.1 Å². The van der Waals surface area contributed by atoms with Crippen LogP contribution in [-0.2, 0) is 4.74 Å². The number of hydrogen-bond donors (Lipinski definition) is 2. The largest absolute Gasteiger partial charge is 0.508 e. The van der Waals surface area contributed by atoms with Crippen LogP contribution in [0.5, 0.6) is 5.75 Å². The van der Waals surface area contributed by atoms with E-state index in [0.29, 0.717) is 11.8 Å². The van der Waals surface area contributed by atoms with E-state index in [1.807, 2.05) is 12.1 Å². The van der Waals surface area contributed by atoms with Crippen molar-refractivity contribution in [1.29, 1.82) is 0 Å². The minimum atomic E-state index is 0.301. The second-order valence-corrected chi connectivity index (χ2v) is 3.61. The van der Waals surface area contributed by atoms with Crippen molar-refractivity contribution in [3.05, 3.63) is 24.3 Å². The van der Waals surface area contributed by atoms with E-state index >= 15 is 0 Å². The van der Waals surface area contributed by atoms with Crippen molar-refractivity contribution in [2.45, 2.75) is 18.9 Å². The summed E-state index contributed by atoms with van der Waals surface area (Å²) < 4.78 is 5.37. The minimum Gasteiger partial charge on any atom is -0.508 e. The number of anilines is 1. The number of phenolic OH excluding ortho intramolecular Hbond substituents is 1. The minimum absolute atomic E-state index is 0.301. The molecule has 0 aromatic heterocycles. The van der Waals surface area contributed by atoms with Gasteiger partial charge in [0.15, 0.2) is 0 Å². The molecule has 2 rings (SSSR count). The Bertz CT molecular complexity index is 278. The number of hydrogen-bond acceptors (Lipinski definition) is 3. The molecule has 3 heteroatoms. The molecule has 1 aliphatic heterocycles. The lowest BCUT2D eigenvalue weighted by atomic mass is 10.1. The van der Waals surface area contributed by atoms with Gasteiger partial charge in [0.2, 0.25) is 0 Å². The highest BCUT2D eigenvalue weighted by atomic mass is 16.5. The first-order chi connectivity index (χ1) is 6.84. The number of ether oxygens (including phenoxy) is 1. The Hall–Kier alpha value is -1.22. The van der Waals surface area contributed by atoms with Gasteiger partial charge in [0.05, 0.1) is 6.61 Å². The van der Waals surface area contributed by atoms with Crippen LogP contribution in [0.25, 0.3) is 0 Å². The zero-order valence-corrected chi connectivity index (χ0v) is 8.07. The second kappa shape index (κ2) is 4.33. The van der Waals surface area contributed by atoms with Crippen LogP contribution in [0.15, 0.2) is 24.3 Å². The van der Waals surface area contributed by atoms with Gasteiger partial charge < -0.3 is 15.2 Å². The van der Waals surface area contributed by atoms with Crippen molar-refractivity contribution in [3.63, 3.8) is 0 Å². The molecule has 0 spiro atoms. The maximum absolute atomic E-state index is 9.11. The van der Waals surface area contributed by atoms with E-state index in [1.165, 1.54) is 0 Å². The van der Waals surface area contributed by atoms with Crippen molar-refractivity contribution in [2.24, 2.45) is 0 Å². The summed E-state index contributed by atoms with van der Waals surface area (Å²) in [6, 6.07) is 7.54. The lowest BCUT2D eigenvalue weighted by molar-refractivity contribution is 0.0876. The molecule has 14 heavy (non-hydrogen) atoms. The van der Waals surface area contributed by atoms with Crippen LogP contribution in [0.4, 0.5) is 5.69 Å². The third-order valence-corrected chi connectivity index (χ3v) is 2.40. The van der Waals surface area contributed by atoms with Crippen LogP contribution in [0.3, 0.4) is 0 Å². The third kappa shape index (κ3) is 2.39. The van der Waals surface area contributed by atoms with E-state index in [1.54, 1.807) is 12.1 Å². The molecular weight excluding hydrogens is 178 g/mol. The lowest BCUT2D eigenvalue weighted by Crippen LogP contribution is -2.29. The predicted molar refractivity (Wildman–Crippen MR) is 55.6 cm³/mol. The quantitative estimate of drug-likeness (QED) is 0.706. The fraction of sp³-hybridized carbons (Fsp3) is 0.455. The molecule has 0 aliphatic carbocycles. The molecule has 0 radical (unpaired) electrons. The number of rotatable bonds is 2. The smallest absolute Gasteiger partial charge is 0.115 e. The number of nitrogens with one attached hydrogen (secondary N) is 1. The number of benzene rings is 1.